The second-order valence-electron chi connectivity index (χ2n) is 11.4. The summed E-state index contributed by atoms with van der Waals surface area (Å²) in [5.41, 5.74) is 3.16. The molecule has 0 spiro atoms. The maximum Gasteiger partial charge on any atom is 0.171 e. The monoisotopic (exact) mass is 487 g/mol. The van der Waals surface area contributed by atoms with Gasteiger partial charge in [-0.3, -0.25) is 0 Å². The largest absolute Gasteiger partial charge is 0.205 e. The highest BCUT2D eigenvalue weighted by atomic mass is 14.9. The third-order valence-electron chi connectivity index (χ3n) is 7.69. The van der Waals surface area contributed by atoms with E-state index in [1.807, 2.05) is 0 Å². The first-order valence-corrected chi connectivity index (χ1v) is 16.3. The number of nitrogens with zero attached hydrogens (tertiary/aromatic N) is 1. The lowest BCUT2D eigenvalue weighted by Gasteiger charge is -2.07. The molecule has 204 valence electrons. The fourth-order valence-corrected chi connectivity index (χ4v) is 5.36. The van der Waals surface area contributed by atoms with Crippen molar-refractivity contribution in [2.45, 2.75) is 188 Å². The molecule has 0 saturated heterocycles. The average molecular weight is 487 g/mol. The van der Waals surface area contributed by atoms with E-state index in [1.54, 1.807) is 11.1 Å². The van der Waals surface area contributed by atoms with E-state index in [1.165, 1.54) is 167 Å². The van der Waals surface area contributed by atoms with Crippen LogP contribution in [0.2, 0.25) is 0 Å². The number of hydrogen-bond acceptors (Lipinski definition) is 0. The Bertz CT molecular complexity index is 533. The third-order valence-corrected chi connectivity index (χ3v) is 7.69. The number of hydrogen-bond donors (Lipinski definition) is 0. The standard InChI is InChI=1S/C34H64N/c1-4-7-10-13-14-15-16-17-18-19-20-21-22-23-26-29-35-31-33(27-24-11-8-5-2)30-34(32-35)28-25-12-9-6-3/h30-32H,4-29H2,1-3H3/q+1. The minimum absolute atomic E-state index is 1.21. The van der Waals surface area contributed by atoms with Crippen LogP contribution in [0.4, 0.5) is 0 Å². The van der Waals surface area contributed by atoms with Gasteiger partial charge in [-0.05, 0) is 38.2 Å². The molecule has 0 aliphatic carbocycles. The van der Waals surface area contributed by atoms with E-state index in [2.05, 4.69) is 43.8 Å². The van der Waals surface area contributed by atoms with Gasteiger partial charge in [-0.15, -0.1) is 0 Å². The number of unbranched alkanes of at least 4 members (excludes halogenated alkanes) is 20. The molecule has 1 heteroatoms. The van der Waals surface area contributed by atoms with Crippen molar-refractivity contribution >= 4 is 0 Å². The van der Waals surface area contributed by atoms with Gasteiger partial charge in [0.05, 0.1) is 0 Å². The number of aromatic nitrogens is 1. The Kier molecular flexibility index (Phi) is 22.8. The summed E-state index contributed by atoms with van der Waals surface area (Å²) in [4.78, 5) is 0. The summed E-state index contributed by atoms with van der Waals surface area (Å²) < 4.78 is 2.53. The van der Waals surface area contributed by atoms with Crippen LogP contribution in [0.15, 0.2) is 18.5 Å². The minimum atomic E-state index is 1.21. The van der Waals surface area contributed by atoms with E-state index < -0.39 is 0 Å². The summed E-state index contributed by atoms with van der Waals surface area (Å²) in [7, 11) is 0. The van der Waals surface area contributed by atoms with Gasteiger partial charge in [-0.1, -0.05) is 143 Å². The predicted octanol–water partition coefficient (Wildman–Crippen LogP) is 11.1. The highest BCUT2D eigenvalue weighted by Gasteiger charge is 2.08. The van der Waals surface area contributed by atoms with Crippen molar-refractivity contribution in [3.63, 3.8) is 0 Å². The second-order valence-corrected chi connectivity index (χ2v) is 11.4. The van der Waals surface area contributed by atoms with Crippen LogP contribution in [0.3, 0.4) is 0 Å². The first-order valence-electron chi connectivity index (χ1n) is 16.3. The molecule has 1 heterocycles. The highest BCUT2D eigenvalue weighted by molar-refractivity contribution is 5.15. The summed E-state index contributed by atoms with van der Waals surface area (Å²) in [5.74, 6) is 0. The molecule has 0 saturated carbocycles. The molecule has 0 amide bonds. The van der Waals surface area contributed by atoms with E-state index in [4.69, 9.17) is 0 Å². The van der Waals surface area contributed by atoms with E-state index in [9.17, 15) is 0 Å². The van der Waals surface area contributed by atoms with Crippen molar-refractivity contribution in [2.75, 3.05) is 0 Å². The molecule has 1 aromatic rings. The van der Waals surface area contributed by atoms with Gasteiger partial charge in [0.15, 0.2) is 12.4 Å². The fourth-order valence-electron chi connectivity index (χ4n) is 5.36. The first-order chi connectivity index (χ1) is 17.3. The lowest BCUT2D eigenvalue weighted by molar-refractivity contribution is -0.698. The molecule has 1 aromatic heterocycles. The first kappa shape index (κ1) is 32.2. The van der Waals surface area contributed by atoms with Gasteiger partial charge in [0.1, 0.15) is 6.54 Å². The summed E-state index contributed by atoms with van der Waals surface area (Å²) in [6, 6.07) is 2.51. The fraction of sp³-hybridized carbons (Fsp3) is 0.853. The topological polar surface area (TPSA) is 3.88 Å². The molecule has 0 aromatic carbocycles. The maximum atomic E-state index is 2.53. The van der Waals surface area contributed by atoms with Crippen LogP contribution in [0.5, 0.6) is 0 Å². The van der Waals surface area contributed by atoms with Crippen LogP contribution in [0, 0.1) is 0 Å². The Labute approximate surface area is 221 Å². The van der Waals surface area contributed by atoms with Crippen LogP contribution < -0.4 is 4.57 Å². The summed E-state index contributed by atoms with van der Waals surface area (Å²) in [6.07, 6.45) is 40.0. The molecule has 0 bridgehead atoms. The molecule has 0 unspecified atom stereocenters. The summed E-state index contributed by atoms with van der Waals surface area (Å²) in [5, 5.41) is 0. The lowest BCUT2D eigenvalue weighted by Crippen LogP contribution is -2.34. The molecule has 0 aliphatic heterocycles. The molecule has 1 nitrogen and oxygen atoms in total. The normalized spacial score (nSPS) is 11.4. The van der Waals surface area contributed by atoms with Gasteiger partial charge in [0, 0.05) is 17.5 Å². The van der Waals surface area contributed by atoms with Crippen molar-refractivity contribution in [3.8, 4) is 0 Å². The van der Waals surface area contributed by atoms with Crippen molar-refractivity contribution < 1.29 is 4.57 Å². The molecule has 0 radical (unpaired) electrons. The summed E-state index contributed by atoms with van der Waals surface area (Å²) >= 11 is 0. The van der Waals surface area contributed by atoms with Crippen LogP contribution in [0.25, 0.3) is 0 Å². The molecule has 1 rings (SSSR count). The van der Waals surface area contributed by atoms with Gasteiger partial charge in [-0.25, -0.2) is 4.57 Å². The van der Waals surface area contributed by atoms with Crippen LogP contribution in [-0.2, 0) is 19.4 Å². The van der Waals surface area contributed by atoms with Gasteiger partial charge in [-0.2, -0.15) is 0 Å². The Morgan fingerprint density at radius 3 is 1.09 bits per heavy atom. The number of rotatable bonds is 26. The van der Waals surface area contributed by atoms with Crippen molar-refractivity contribution in [3.05, 3.63) is 29.6 Å². The molecule has 0 fully saturated rings. The number of aryl methyl sites for hydroxylation is 3. The zero-order valence-electron chi connectivity index (χ0n) is 24.6. The zero-order chi connectivity index (χ0) is 25.2. The van der Waals surface area contributed by atoms with Crippen LogP contribution >= 0.6 is 0 Å². The second kappa shape index (κ2) is 24.8. The van der Waals surface area contributed by atoms with Gasteiger partial charge in [0.25, 0.3) is 0 Å². The lowest BCUT2D eigenvalue weighted by atomic mass is 10.0. The number of pyridine rings is 1. The molecule has 0 N–H and O–H groups in total. The quantitative estimate of drug-likeness (QED) is 0.0905. The van der Waals surface area contributed by atoms with Crippen molar-refractivity contribution in [2.24, 2.45) is 0 Å². The Balaban J connectivity index is 2.17. The van der Waals surface area contributed by atoms with Crippen LogP contribution in [0.1, 0.15) is 180 Å². The van der Waals surface area contributed by atoms with E-state index in [-0.39, 0.29) is 0 Å². The Hall–Kier alpha value is -0.850. The van der Waals surface area contributed by atoms with E-state index in [0.717, 1.165) is 0 Å². The van der Waals surface area contributed by atoms with Gasteiger partial charge >= 0.3 is 0 Å². The minimum Gasteiger partial charge on any atom is -0.205 e. The summed E-state index contributed by atoms with van der Waals surface area (Å²) in [6.45, 7) is 8.13. The predicted molar refractivity (Wildman–Crippen MR) is 157 cm³/mol. The van der Waals surface area contributed by atoms with Crippen LogP contribution in [-0.4, -0.2) is 0 Å². The third kappa shape index (κ3) is 20.0. The van der Waals surface area contributed by atoms with Gasteiger partial charge in [0.2, 0.25) is 0 Å². The maximum absolute atomic E-state index is 2.53. The molecule has 0 atom stereocenters. The SMILES string of the molecule is CCCCCCCCCCCCCCCCC[n+]1cc(CCCCCC)cc(CCCCCC)c1. The van der Waals surface area contributed by atoms with E-state index in [0.29, 0.717) is 0 Å². The highest BCUT2D eigenvalue weighted by Crippen LogP contribution is 2.14. The average Bonchev–Trinajstić information content (AvgIpc) is 2.87. The smallest absolute Gasteiger partial charge is 0.171 e. The van der Waals surface area contributed by atoms with Crippen molar-refractivity contribution in [1.29, 1.82) is 0 Å². The molecular weight excluding hydrogens is 422 g/mol. The zero-order valence-corrected chi connectivity index (χ0v) is 24.6. The van der Waals surface area contributed by atoms with Crippen molar-refractivity contribution in [1.82, 2.24) is 0 Å². The van der Waals surface area contributed by atoms with Gasteiger partial charge < -0.3 is 0 Å². The molecular formula is C34H64N+. The molecule has 0 aliphatic rings. The Morgan fingerprint density at radius 2 is 0.714 bits per heavy atom. The molecule has 35 heavy (non-hydrogen) atoms. The van der Waals surface area contributed by atoms with E-state index >= 15 is 0 Å². The Morgan fingerprint density at radius 1 is 0.400 bits per heavy atom.